The average Bonchev–Trinajstić information content (AvgIpc) is 3.45. The largest absolute Gasteiger partial charge is 0.443 e. The van der Waals surface area contributed by atoms with E-state index in [4.69, 9.17) is 9.26 Å². The fourth-order valence-electron chi connectivity index (χ4n) is 4.39. The van der Waals surface area contributed by atoms with E-state index in [2.05, 4.69) is 15.0 Å². The van der Waals surface area contributed by atoms with Crippen molar-refractivity contribution in [3.8, 4) is 11.4 Å². The number of hydrogen-bond donors (Lipinski definition) is 0. The van der Waals surface area contributed by atoms with Crippen molar-refractivity contribution in [2.45, 2.75) is 18.8 Å². The van der Waals surface area contributed by atoms with Crippen LogP contribution in [-0.2, 0) is 20.5 Å². The number of nitrogens with zero attached hydrogens (tertiary/aromatic N) is 5. The minimum atomic E-state index is -3.36. The lowest BCUT2D eigenvalue weighted by molar-refractivity contribution is 0.0937. The fourth-order valence-corrected chi connectivity index (χ4v) is 5.90. The van der Waals surface area contributed by atoms with Crippen molar-refractivity contribution in [1.29, 1.82) is 0 Å². The number of sulfonamides is 1. The molecule has 11 heteroatoms. The summed E-state index contributed by atoms with van der Waals surface area (Å²) in [5.74, 6) is 0.999. The SMILES string of the molecule is Cc1nc(-c2ccc(N3CC(CN4CCN(S(=O)(=O)Cc5ccccc5)CC4)OC3=O)cc2)no1. The quantitative estimate of drug-likeness (QED) is 0.490. The second-order valence-electron chi connectivity index (χ2n) is 8.74. The second kappa shape index (κ2) is 9.76. The topological polar surface area (TPSA) is 109 Å². The van der Waals surface area contributed by atoms with Crippen LogP contribution in [0.15, 0.2) is 59.1 Å². The molecule has 0 N–H and O–H groups in total. The predicted octanol–water partition coefficient (Wildman–Crippen LogP) is 2.52. The van der Waals surface area contributed by atoms with Gasteiger partial charge in [0.1, 0.15) is 6.10 Å². The Morgan fingerprint density at radius 3 is 2.37 bits per heavy atom. The van der Waals surface area contributed by atoms with Crippen LogP contribution in [0.1, 0.15) is 11.5 Å². The molecule has 2 aliphatic heterocycles. The third kappa shape index (κ3) is 5.37. The monoisotopic (exact) mass is 497 g/mol. The summed E-state index contributed by atoms with van der Waals surface area (Å²) < 4.78 is 37.7. The summed E-state index contributed by atoms with van der Waals surface area (Å²) in [6.45, 7) is 4.78. The Hall–Kier alpha value is -3.28. The van der Waals surface area contributed by atoms with E-state index in [9.17, 15) is 13.2 Å². The number of hydrogen-bond acceptors (Lipinski definition) is 8. The molecule has 2 aromatic carbocycles. The Morgan fingerprint density at radius 2 is 1.71 bits per heavy atom. The van der Waals surface area contributed by atoms with Crippen LogP contribution in [-0.4, -0.2) is 79.2 Å². The van der Waals surface area contributed by atoms with Gasteiger partial charge in [0.25, 0.3) is 0 Å². The number of benzene rings is 2. The zero-order chi connectivity index (χ0) is 24.4. The van der Waals surface area contributed by atoms with Crippen molar-refractivity contribution in [2.75, 3.05) is 44.2 Å². The minimum absolute atomic E-state index is 0.00809. The standard InChI is InChI=1S/C24H27N5O5S/c1-18-25-23(26-34-18)20-7-9-21(10-8-20)29-16-22(33-24(29)30)15-27-11-13-28(14-12-27)35(31,32)17-19-5-3-2-4-6-19/h2-10,22H,11-17H2,1H3. The highest BCUT2D eigenvalue weighted by molar-refractivity contribution is 7.88. The van der Waals surface area contributed by atoms with Crippen molar-refractivity contribution < 1.29 is 22.5 Å². The number of amides is 1. The summed E-state index contributed by atoms with van der Waals surface area (Å²) in [5.41, 5.74) is 2.32. The van der Waals surface area contributed by atoms with Crippen molar-refractivity contribution in [1.82, 2.24) is 19.3 Å². The molecular weight excluding hydrogens is 470 g/mol. The molecule has 1 aromatic heterocycles. The Bertz CT molecular complexity index is 1270. The molecule has 10 nitrogen and oxygen atoms in total. The molecule has 0 aliphatic carbocycles. The van der Waals surface area contributed by atoms with Gasteiger partial charge in [-0.3, -0.25) is 9.80 Å². The van der Waals surface area contributed by atoms with E-state index >= 15 is 0 Å². The molecule has 1 amide bonds. The summed E-state index contributed by atoms with van der Waals surface area (Å²) in [4.78, 5) is 20.5. The molecule has 1 atom stereocenters. The number of piperazine rings is 1. The molecule has 5 rings (SSSR count). The van der Waals surface area contributed by atoms with E-state index in [-0.39, 0.29) is 18.0 Å². The van der Waals surface area contributed by atoms with Crippen molar-refractivity contribution in [3.05, 3.63) is 66.1 Å². The Morgan fingerprint density at radius 1 is 1.00 bits per heavy atom. The molecule has 2 aliphatic rings. The minimum Gasteiger partial charge on any atom is -0.443 e. The highest BCUT2D eigenvalue weighted by Gasteiger charge is 2.35. The first-order chi connectivity index (χ1) is 16.9. The summed E-state index contributed by atoms with van der Waals surface area (Å²) in [6.07, 6.45) is -0.670. The van der Waals surface area contributed by atoms with Gasteiger partial charge in [0.05, 0.1) is 12.3 Å². The zero-order valence-corrected chi connectivity index (χ0v) is 20.2. The molecule has 2 saturated heterocycles. The number of carbonyl (C=O) groups is 1. The molecule has 0 spiro atoms. The van der Waals surface area contributed by atoms with Crippen molar-refractivity contribution in [3.63, 3.8) is 0 Å². The Kier molecular flexibility index (Phi) is 6.54. The third-order valence-corrected chi connectivity index (χ3v) is 8.07. The van der Waals surface area contributed by atoms with Gasteiger partial charge in [0.15, 0.2) is 0 Å². The van der Waals surface area contributed by atoms with Crippen molar-refractivity contribution in [2.24, 2.45) is 0 Å². The van der Waals surface area contributed by atoms with E-state index in [1.165, 1.54) is 0 Å². The second-order valence-corrected chi connectivity index (χ2v) is 10.7. The van der Waals surface area contributed by atoms with Crippen LogP contribution in [0.5, 0.6) is 0 Å². The molecule has 35 heavy (non-hydrogen) atoms. The van der Waals surface area contributed by atoms with E-state index in [0.717, 1.165) is 16.8 Å². The first-order valence-corrected chi connectivity index (χ1v) is 13.1. The molecule has 3 aromatic rings. The lowest BCUT2D eigenvalue weighted by atomic mass is 10.2. The van der Waals surface area contributed by atoms with Crippen LogP contribution in [0.25, 0.3) is 11.4 Å². The molecular formula is C24H27N5O5S. The number of aryl methyl sites for hydroxylation is 1. The maximum Gasteiger partial charge on any atom is 0.414 e. The predicted molar refractivity (Wildman–Crippen MR) is 129 cm³/mol. The zero-order valence-electron chi connectivity index (χ0n) is 19.4. The number of carbonyl (C=O) groups excluding carboxylic acids is 1. The molecule has 1 unspecified atom stereocenters. The maximum absolute atomic E-state index is 12.8. The molecule has 2 fully saturated rings. The smallest absolute Gasteiger partial charge is 0.414 e. The molecule has 0 bridgehead atoms. The number of ether oxygens (including phenoxy) is 1. The van der Waals surface area contributed by atoms with Gasteiger partial charge in [-0.15, -0.1) is 0 Å². The first kappa shape index (κ1) is 23.5. The van der Waals surface area contributed by atoms with E-state index in [1.807, 2.05) is 54.6 Å². The summed E-state index contributed by atoms with van der Waals surface area (Å²) in [6, 6.07) is 16.6. The van der Waals surface area contributed by atoms with Crippen LogP contribution < -0.4 is 4.90 Å². The number of rotatable bonds is 7. The lowest BCUT2D eigenvalue weighted by Gasteiger charge is -2.34. The van der Waals surface area contributed by atoms with Crippen LogP contribution in [0.2, 0.25) is 0 Å². The highest BCUT2D eigenvalue weighted by atomic mass is 32.2. The van der Waals surface area contributed by atoms with Gasteiger partial charge >= 0.3 is 6.09 Å². The molecule has 184 valence electrons. The van der Waals surface area contributed by atoms with E-state index in [1.54, 1.807) is 16.1 Å². The summed E-state index contributed by atoms with van der Waals surface area (Å²) in [5, 5.41) is 3.91. The van der Waals surface area contributed by atoms with Crippen molar-refractivity contribution >= 4 is 21.8 Å². The lowest BCUT2D eigenvalue weighted by Crippen LogP contribution is -2.50. The van der Waals surface area contributed by atoms with Crippen LogP contribution in [0, 0.1) is 6.92 Å². The third-order valence-electron chi connectivity index (χ3n) is 6.22. The van der Waals surface area contributed by atoms with Gasteiger partial charge in [-0.1, -0.05) is 35.5 Å². The van der Waals surface area contributed by atoms with Gasteiger partial charge in [-0.2, -0.15) is 9.29 Å². The van der Waals surface area contributed by atoms with Gasteiger partial charge in [0.2, 0.25) is 21.7 Å². The highest BCUT2D eigenvalue weighted by Crippen LogP contribution is 2.25. The number of anilines is 1. The summed E-state index contributed by atoms with van der Waals surface area (Å²) >= 11 is 0. The van der Waals surface area contributed by atoms with Gasteiger partial charge < -0.3 is 9.26 Å². The van der Waals surface area contributed by atoms with E-state index in [0.29, 0.717) is 51.0 Å². The number of cyclic esters (lactones) is 1. The Balaban J connectivity index is 1.13. The first-order valence-electron chi connectivity index (χ1n) is 11.5. The van der Waals surface area contributed by atoms with Gasteiger partial charge in [-0.25, -0.2) is 13.2 Å². The maximum atomic E-state index is 12.8. The molecule has 0 radical (unpaired) electrons. The fraction of sp³-hybridized carbons (Fsp3) is 0.375. The van der Waals surface area contributed by atoms with E-state index < -0.39 is 10.0 Å². The normalized spacial score (nSPS) is 19.7. The van der Waals surface area contributed by atoms with Gasteiger partial charge in [-0.05, 0) is 29.8 Å². The van der Waals surface area contributed by atoms with Crippen LogP contribution in [0.3, 0.4) is 0 Å². The Labute approximate surface area is 204 Å². The average molecular weight is 498 g/mol. The molecule has 3 heterocycles. The van der Waals surface area contributed by atoms with Gasteiger partial charge in [0, 0.05) is 50.9 Å². The molecule has 0 saturated carbocycles. The summed E-state index contributed by atoms with van der Waals surface area (Å²) in [7, 11) is -3.36. The van der Waals surface area contributed by atoms with Crippen LogP contribution >= 0.6 is 0 Å². The van der Waals surface area contributed by atoms with Crippen LogP contribution in [0.4, 0.5) is 10.5 Å². The number of aromatic nitrogens is 2.